The summed E-state index contributed by atoms with van der Waals surface area (Å²) in [5.74, 6) is 0.909. The number of halogens is 1. The average molecular weight is 448 g/mol. The van der Waals surface area contributed by atoms with E-state index in [1.807, 2.05) is 14.0 Å². The molecule has 0 aromatic carbocycles. The minimum atomic E-state index is 0. The van der Waals surface area contributed by atoms with Gasteiger partial charge >= 0.3 is 0 Å². The van der Waals surface area contributed by atoms with E-state index in [-0.39, 0.29) is 24.0 Å². The Balaban J connectivity index is 0.00000264. The van der Waals surface area contributed by atoms with Crippen molar-refractivity contribution in [1.29, 1.82) is 0 Å². The Hall–Kier alpha value is -0.630. The van der Waals surface area contributed by atoms with Gasteiger partial charge in [-0.15, -0.1) is 35.3 Å². The third-order valence-corrected chi connectivity index (χ3v) is 4.90. The van der Waals surface area contributed by atoms with E-state index < -0.39 is 0 Å². The monoisotopic (exact) mass is 448 g/mol. The number of aryl methyl sites for hydroxylation is 2. The van der Waals surface area contributed by atoms with Crippen molar-refractivity contribution < 1.29 is 0 Å². The highest BCUT2D eigenvalue weighted by atomic mass is 127. The number of nitrogens with zero attached hydrogens (tertiary/aromatic N) is 2. The van der Waals surface area contributed by atoms with Crippen LogP contribution < -0.4 is 10.6 Å². The second kappa shape index (κ2) is 11.8. The first-order valence-electron chi connectivity index (χ1n) is 8.31. The summed E-state index contributed by atoms with van der Waals surface area (Å²) in [7, 11) is 1.83. The topological polar surface area (TPSA) is 49.3 Å². The van der Waals surface area contributed by atoms with Gasteiger partial charge in [-0.05, 0) is 45.4 Å². The Morgan fingerprint density at radius 1 is 1.26 bits per heavy atom. The molecule has 1 aromatic heterocycles. The van der Waals surface area contributed by atoms with Gasteiger partial charge < -0.3 is 10.6 Å². The maximum absolute atomic E-state index is 4.49. The van der Waals surface area contributed by atoms with Crippen molar-refractivity contribution in [2.75, 3.05) is 20.1 Å². The third kappa shape index (κ3) is 8.15. The highest BCUT2D eigenvalue weighted by Crippen LogP contribution is 2.19. The summed E-state index contributed by atoms with van der Waals surface area (Å²) >= 11 is 1.75. The van der Waals surface area contributed by atoms with Crippen LogP contribution in [0.25, 0.3) is 0 Å². The zero-order valence-electron chi connectivity index (χ0n) is 14.2. The predicted molar refractivity (Wildman–Crippen MR) is 111 cm³/mol. The Morgan fingerprint density at radius 2 is 2.09 bits per heavy atom. The van der Waals surface area contributed by atoms with E-state index in [0.29, 0.717) is 0 Å². The van der Waals surface area contributed by atoms with E-state index in [9.17, 15) is 0 Å². The molecular weight excluding hydrogens is 419 g/mol. The number of rotatable bonds is 7. The zero-order valence-corrected chi connectivity index (χ0v) is 17.4. The van der Waals surface area contributed by atoms with Crippen LogP contribution in [0.4, 0.5) is 0 Å². The molecule has 0 amide bonds. The van der Waals surface area contributed by atoms with Crippen LogP contribution in [0.5, 0.6) is 0 Å². The van der Waals surface area contributed by atoms with E-state index in [4.69, 9.17) is 0 Å². The van der Waals surface area contributed by atoms with Gasteiger partial charge in [0, 0.05) is 37.6 Å². The lowest BCUT2D eigenvalue weighted by Gasteiger charge is -2.15. The van der Waals surface area contributed by atoms with Crippen molar-refractivity contribution in [2.45, 2.75) is 51.9 Å². The standard InChI is InChI=1S/C17H28N4S.HI/c1-14-13-22-16(21-14)9-6-11-19-17(18-2)20-12-10-15-7-4-3-5-8-15;/h7,13H,3-6,8-12H2,1-2H3,(H2,18,19,20);1H. The van der Waals surface area contributed by atoms with Gasteiger partial charge in [0.25, 0.3) is 0 Å². The SMILES string of the molecule is CN=C(NCCCc1nc(C)cs1)NCCC1=CCCCC1.I. The maximum Gasteiger partial charge on any atom is 0.190 e. The smallest absolute Gasteiger partial charge is 0.190 e. The first kappa shape index (κ1) is 20.4. The normalized spacial score (nSPS) is 14.9. The summed E-state index contributed by atoms with van der Waals surface area (Å²) in [6.45, 7) is 3.95. The maximum atomic E-state index is 4.49. The number of hydrogen-bond acceptors (Lipinski definition) is 3. The number of aliphatic imine (C=N–C) groups is 1. The lowest BCUT2D eigenvalue weighted by Crippen LogP contribution is -2.38. The summed E-state index contributed by atoms with van der Waals surface area (Å²) < 4.78 is 0. The van der Waals surface area contributed by atoms with Gasteiger partial charge in [0.2, 0.25) is 0 Å². The first-order chi connectivity index (χ1) is 10.8. The quantitative estimate of drug-likeness (QED) is 0.218. The molecule has 130 valence electrons. The molecule has 0 bridgehead atoms. The van der Waals surface area contributed by atoms with Crippen molar-refractivity contribution in [1.82, 2.24) is 15.6 Å². The number of thiazole rings is 1. The Morgan fingerprint density at radius 3 is 2.74 bits per heavy atom. The lowest BCUT2D eigenvalue weighted by atomic mass is 9.97. The molecule has 4 nitrogen and oxygen atoms in total. The molecule has 23 heavy (non-hydrogen) atoms. The van der Waals surface area contributed by atoms with Gasteiger partial charge in [-0.2, -0.15) is 0 Å². The van der Waals surface area contributed by atoms with Crippen LogP contribution in [0.2, 0.25) is 0 Å². The van der Waals surface area contributed by atoms with Crippen LogP contribution in [-0.4, -0.2) is 31.1 Å². The second-order valence-electron chi connectivity index (χ2n) is 5.77. The fraction of sp³-hybridized carbons (Fsp3) is 0.647. The molecule has 1 aliphatic rings. The van der Waals surface area contributed by atoms with Gasteiger partial charge in [-0.1, -0.05) is 11.6 Å². The molecule has 0 spiro atoms. The fourth-order valence-electron chi connectivity index (χ4n) is 2.66. The summed E-state index contributed by atoms with van der Waals surface area (Å²) in [5.41, 5.74) is 2.73. The average Bonchev–Trinajstić information content (AvgIpc) is 2.96. The number of nitrogens with one attached hydrogen (secondary N) is 2. The van der Waals surface area contributed by atoms with Crippen LogP contribution in [0.1, 0.15) is 49.2 Å². The summed E-state index contributed by atoms with van der Waals surface area (Å²) in [4.78, 5) is 8.77. The molecule has 0 aliphatic heterocycles. The van der Waals surface area contributed by atoms with E-state index in [0.717, 1.165) is 44.0 Å². The lowest BCUT2D eigenvalue weighted by molar-refractivity contribution is 0.663. The van der Waals surface area contributed by atoms with Crippen molar-refractivity contribution in [3.05, 3.63) is 27.7 Å². The van der Waals surface area contributed by atoms with Crippen molar-refractivity contribution >= 4 is 41.3 Å². The second-order valence-corrected chi connectivity index (χ2v) is 6.71. The molecule has 2 rings (SSSR count). The van der Waals surface area contributed by atoms with Gasteiger partial charge in [0.05, 0.1) is 5.01 Å². The molecule has 0 unspecified atom stereocenters. The highest BCUT2D eigenvalue weighted by Gasteiger charge is 2.04. The molecule has 0 saturated carbocycles. The third-order valence-electron chi connectivity index (χ3n) is 3.87. The molecule has 0 radical (unpaired) electrons. The summed E-state index contributed by atoms with van der Waals surface area (Å²) in [6.07, 6.45) is 10.9. The van der Waals surface area contributed by atoms with E-state index >= 15 is 0 Å². The molecule has 1 aliphatic carbocycles. The van der Waals surface area contributed by atoms with Crippen LogP contribution in [0.15, 0.2) is 22.0 Å². The zero-order chi connectivity index (χ0) is 15.6. The largest absolute Gasteiger partial charge is 0.356 e. The molecule has 0 atom stereocenters. The Kier molecular flexibility index (Phi) is 10.5. The Bertz CT molecular complexity index is 510. The Labute approximate surface area is 161 Å². The molecule has 1 aromatic rings. The summed E-state index contributed by atoms with van der Waals surface area (Å²) in [5, 5.41) is 10.1. The fourth-order valence-corrected chi connectivity index (χ4v) is 3.48. The number of allylic oxidation sites excluding steroid dienone is 1. The van der Waals surface area contributed by atoms with Crippen LogP contribution >= 0.6 is 35.3 Å². The van der Waals surface area contributed by atoms with E-state index in [1.165, 1.54) is 30.7 Å². The molecule has 1 heterocycles. The summed E-state index contributed by atoms with van der Waals surface area (Å²) in [6, 6.07) is 0. The van der Waals surface area contributed by atoms with Gasteiger partial charge in [-0.25, -0.2) is 4.98 Å². The van der Waals surface area contributed by atoms with Crippen molar-refractivity contribution in [2.24, 2.45) is 4.99 Å². The minimum absolute atomic E-state index is 0. The van der Waals surface area contributed by atoms with Crippen LogP contribution in [-0.2, 0) is 6.42 Å². The molecule has 2 N–H and O–H groups in total. The first-order valence-corrected chi connectivity index (χ1v) is 9.19. The van der Waals surface area contributed by atoms with Crippen LogP contribution in [0.3, 0.4) is 0 Å². The van der Waals surface area contributed by atoms with Crippen molar-refractivity contribution in [3.8, 4) is 0 Å². The number of guanidine groups is 1. The van der Waals surface area contributed by atoms with Gasteiger partial charge in [-0.3, -0.25) is 4.99 Å². The number of hydrogen-bond donors (Lipinski definition) is 2. The molecular formula is C17H29IN4S. The van der Waals surface area contributed by atoms with E-state index in [2.05, 4.69) is 32.1 Å². The predicted octanol–water partition coefficient (Wildman–Crippen LogP) is 4.06. The molecule has 0 fully saturated rings. The van der Waals surface area contributed by atoms with Gasteiger partial charge in [0.15, 0.2) is 5.96 Å². The highest BCUT2D eigenvalue weighted by molar-refractivity contribution is 14.0. The van der Waals surface area contributed by atoms with E-state index in [1.54, 1.807) is 16.9 Å². The molecule has 0 saturated heterocycles. The van der Waals surface area contributed by atoms with Gasteiger partial charge in [0.1, 0.15) is 0 Å². The van der Waals surface area contributed by atoms with Crippen LogP contribution in [0, 0.1) is 6.92 Å². The van der Waals surface area contributed by atoms with Crippen molar-refractivity contribution in [3.63, 3.8) is 0 Å². The minimum Gasteiger partial charge on any atom is -0.356 e. The molecule has 6 heteroatoms. The number of aromatic nitrogens is 1.